The van der Waals surface area contributed by atoms with E-state index >= 15 is 0 Å². The summed E-state index contributed by atoms with van der Waals surface area (Å²) in [4.78, 5) is 0.614. The van der Waals surface area contributed by atoms with Gasteiger partial charge in [0.15, 0.2) is 0 Å². The van der Waals surface area contributed by atoms with Crippen LogP contribution in [-0.2, 0) is 4.74 Å². The number of halogens is 1. The molecule has 1 fully saturated rings. The molecule has 2 heteroatoms. The summed E-state index contributed by atoms with van der Waals surface area (Å²) in [6.45, 7) is 3.19. The van der Waals surface area contributed by atoms with Gasteiger partial charge in [-0.25, -0.2) is 0 Å². The van der Waals surface area contributed by atoms with E-state index in [1.165, 1.54) is 44.9 Å². The summed E-state index contributed by atoms with van der Waals surface area (Å²) in [7, 11) is 0. The molecule has 0 heterocycles. The summed E-state index contributed by atoms with van der Waals surface area (Å²) in [6.07, 6.45) is 9.56. The van der Waals surface area contributed by atoms with E-state index in [9.17, 15) is 0 Å². The van der Waals surface area contributed by atoms with Crippen LogP contribution in [0.25, 0.3) is 0 Å². The Bertz CT molecular complexity index is 127. The predicted octanol–water partition coefficient (Wildman–Crippen LogP) is 3.90. The van der Waals surface area contributed by atoms with Crippen molar-refractivity contribution in [3.63, 3.8) is 0 Å². The Hall–Kier alpha value is 0.440. The first-order valence-electron chi connectivity index (χ1n) is 5.60. The number of ether oxygens (including phenoxy) is 1. The highest BCUT2D eigenvalue weighted by Crippen LogP contribution is 2.26. The molecule has 1 rings (SSSR count). The third-order valence-corrected chi connectivity index (χ3v) is 3.75. The minimum absolute atomic E-state index is 0.491. The molecule has 13 heavy (non-hydrogen) atoms. The molecule has 1 aliphatic rings. The van der Waals surface area contributed by atoms with E-state index in [1.807, 2.05) is 0 Å². The number of hydrogen-bond donors (Lipinski definition) is 0. The SMILES string of the molecule is CCCCCOC1CCCCC1Br. The molecule has 0 aromatic carbocycles. The van der Waals surface area contributed by atoms with Crippen molar-refractivity contribution in [1.29, 1.82) is 0 Å². The van der Waals surface area contributed by atoms with Crippen molar-refractivity contribution in [1.82, 2.24) is 0 Å². The van der Waals surface area contributed by atoms with E-state index in [-0.39, 0.29) is 0 Å². The molecular formula is C11H21BrO. The zero-order chi connectivity index (χ0) is 9.52. The molecule has 2 atom stereocenters. The van der Waals surface area contributed by atoms with Gasteiger partial charge in [-0.3, -0.25) is 0 Å². The van der Waals surface area contributed by atoms with Crippen molar-refractivity contribution in [2.24, 2.45) is 0 Å². The molecule has 2 unspecified atom stereocenters. The average Bonchev–Trinajstić information content (AvgIpc) is 2.15. The number of unbranched alkanes of at least 4 members (excludes halogenated alkanes) is 2. The average molecular weight is 249 g/mol. The third kappa shape index (κ3) is 4.46. The molecular weight excluding hydrogens is 228 g/mol. The minimum atomic E-state index is 0.491. The lowest BCUT2D eigenvalue weighted by Crippen LogP contribution is -2.28. The van der Waals surface area contributed by atoms with Gasteiger partial charge in [0, 0.05) is 11.4 Å². The van der Waals surface area contributed by atoms with Crippen LogP contribution >= 0.6 is 15.9 Å². The monoisotopic (exact) mass is 248 g/mol. The molecule has 78 valence electrons. The van der Waals surface area contributed by atoms with E-state index in [4.69, 9.17) is 4.74 Å². The van der Waals surface area contributed by atoms with E-state index in [0.717, 1.165) is 6.61 Å². The molecule has 1 saturated carbocycles. The van der Waals surface area contributed by atoms with Crippen molar-refractivity contribution in [2.45, 2.75) is 62.8 Å². The van der Waals surface area contributed by atoms with E-state index in [1.54, 1.807) is 0 Å². The van der Waals surface area contributed by atoms with Gasteiger partial charge in [-0.15, -0.1) is 0 Å². The molecule has 0 spiro atoms. The second kappa shape index (κ2) is 6.83. The van der Waals surface area contributed by atoms with Gasteiger partial charge in [0.05, 0.1) is 6.10 Å². The number of hydrogen-bond acceptors (Lipinski definition) is 1. The van der Waals surface area contributed by atoms with Crippen molar-refractivity contribution in [3.05, 3.63) is 0 Å². The lowest BCUT2D eigenvalue weighted by molar-refractivity contribution is 0.0323. The maximum absolute atomic E-state index is 5.85. The van der Waals surface area contributed by atoms with Gasteiger partial charge in [0.1, 0.15) is 0 Å². The van der Waals surface area contributed by atoms with Crippen LogP contribution in [0.1, 0.15) is 51.9 Å². The van der Waals surface area contributed by atoms with Crippen LogP contribution < -0.4 is 0 Å². The maximum atomic E-state index is 5.85. The van der Waals surface area contributed by atoms with Crippen LogP contribution in [0, 0.1) is 0 Å². The van der Waals surface area contributed by atoms with E-state index < -0.39 is 0 Å². The fourth-order valence-electron chi connectivity index (χ4n) is 1.83. The molecule has 0 aromatic rings. The summed E-state index contributed by atoms with van der Waals surface area (Å²) in [5, 5.41) is 0. The molecule has 0 N–H and O–H groups in total. The Morgan fingerprint density at radius 3 is 2.69 bits per heavy atom. The molecule has 0 amide bonds. The first kappa shape index (κ1) is 11.5. The molecule has 0 aromatic heterocycles. The standard InChI is InChI=1S/C11H21BrO/c1-2-3-6-9-13-11-8-5-4-7-10(11)12/h10-11H,2-9H2,1H3. The maximum Gasteiger partial charge on any atom is 0.0700 e. The van der Waals surface area contributed by atoms with Gasteiger partial charge in [0.25, 0.3) is 0 Å². The summed E-state index contributed by atoms with van der Waals surface area (Å²) < 4.78 is 5.85. The van der Waals surface area contributed by atoms with Crippen molar-refractivity contribution in [2.75, 3.05) is 6.61 Å². The molecule has 0 saturated heterocycles. The topological polar surface area (TPSA) is 9.23 Å². The zero-order valence-electron chi connectivity index (χ0n) is 8.60. The Morgan fingerprint density at radius 2 is 2.00 bits per heavy atom. The minimum Gasteiger partial charge on any atom is -0.377 e. The quantitative estimate of drug-likeness (QED) is 0.530. The first-order chi connectivity index (χ1) is 6.34. The predicted molar refractivity (Wildman–Crippen MR) is 60.4 cm³/mol. The van der Waals surface area contributed by atoms with Gasteiger partial charge in [-0.2, -0.15) is 0 Å². The van der Waals surface area contributed by atoms with Gasteiger partial charge < -0.3 is 4.74 Å². The molecule has 1 nitrogen and oxygen atoms in total. The van der Waals surface area contributed by atoms with Crippen molar-refractivity contribution in [3.8, 4) is 0 Å². The number of rotatable bonds is 5. The Kier molecular flexibility index (Phi) is 6.05. The van der Waals surface area contributed by atoms with E-state index in [0.29, 0.717) is 10.9 Å². The van der Waals surface area contributed by atoms with E-state index in [2.05, 4.69) is 22.9 Å². The van der Waals surface area contributed by atoms with Gasteiger partial charge in [0.2, 0.25) is 0 Å². The molecule has 1 aliphatic carbocycles. The van der Waals surface area contributed by atoms with Gasteiger partial charge >= 0.3 is 0 Å². The highest BCUT2D eigenvalue weighted by molar-refractivity contribution is 9.09. The molecule has 0 aliphatic heterocycles. The highest BCUT2D eigenvalue weighted by atomic mass is 79.9. The van der Waals surface area contributed by atoms with Crippen LogP contribution in [0.15, 0.2) is 0 Å². The summed E-state index contributed by atoms with van der Waals surface area (Å²) in [6, 6.07) is 0. The number of alkyl halides is 1. The molecule has 0 bridgehead atoms. The largest absolute Gasteiger partial charge is 0.377 e. The second-order valence-electron chi connectivity index (χ2n) is 3.92. The lowest BCUT2D eigenvalue weighted by atomic mass is 9.97. The van der Waals surface area contributed by atoms with Crippen molar-refractivity contribution < 1.29 is 4.74 Å². The first-order valence-corrected chi connectivity index (χ1v) is 6.52. The summed E-state index contributed by atoms with van der Waals surface area (Å²) in [5.74, 6) is 0. The Labute approximate surface area is 90.4 Å². The lowest BCUT2D eigenvalue weighted by Gasteiger charge is -2.27. The fourth-order valence-corrected chi connectivity index (χ4v) is 2.57. The normalized spacial score (nSPS) is 29.1. The van der Waals surface area contributed by atoms with Gasteiger partial charge in [-0.05, 0) is 19.3 Å². The fraction of sp³-hybridized carbons (Fsp3) is 1.00. The summed E-state index contributed by atoms with van der Waals surface area (Å²) >= 11 is 3.70. The smallest absolute Gasteiger partial charge is 0.0700 e. The summed E-state index contributed by atoms with van der Waals surface area (Å²) in [5.41, 5.74) is 0. The van der Waals surface area contributed by atoms with Crippen LogP contribution in [0.5, 0.6) is 0 Å². The second-order valence-corrected chi connectivity index (χ2v) is 5.09. The van der Waals surface area contributed by atoms with Crippen LogP contribution in [-0.4, -0.2) is 17.5 Å². The zero-order valence-corrected chi connectivity index (χ0v) is 10.2. The van der Waals surface area contributed by atoms with Crippen LogP contribution in [0.2, 0.25) is 0 Å². The molecule has 0 radical (unpaired) electrons. The third-order valence-electron chi connectivity index (χ3n) is 2.70. The Balaban J connectivity index is 2.05. The van der Waals surface area contributed by atoms with Crippen LogP contribution in [0.4, 0.5) is 0 Å². The van der Waals surface area contributed by atoms with Gasteiger partial charge in [-0.1, -0.05) is 48.5 Å². The highest BCUT2D eigenvalue weighted by Gasteiger charge is 2.22. The van der Waals surface area contributed by atoms with Crippen molar-refractivity contribution >= 4 is 15.9 Å². The Morgan fingerprint density at radius 1 is 1.23 bits per heavy atom. The van der Waals surface area contributed by atoms with Crippen LogP contribution in [0.3, 0.4) is 0 Å².